The molecule has 2 nitrogen and oxygen atoms in total. The summed E-state index contributed by atoms with van der Waals surface area (Å²) in [5.74, 6) is 0.572. The first-order valence-electron chi connectivity index (χ1n) is 8.83. The lowest BCUT2D eigenvalue weighted by Crippen LogP contribution is -2.50. The molecule has 2 fully saturated rings. The van der Waals surface area contributed by atoms with Gasteiger partial charge in [-0.05, 0) is 31.6 Å². The highest BCUT2D eigenvalue weighted by atomic mass is 16.7. The zero-order chi connectivity index (χ0) is 16.4. The highest BCUT2D eigenvalue weighted by Crippen LogP contribution is 2.44. The highest BCUT2D eigenvalue weighted by molar-refractivity contribution is 4.89. The lowest BCUT2D eigenvalue weighted by atomic mass is 9.70. The third kappa shape index (κ3) is 6.12. The van der Waals surface area contributed by atoms with Crippen molar-refractivity contribution in [3.8, 4) is 0 Å². The van der Waals surface area contributed by atoms with Crippen molar-refractivity contribution in [1.82, 2.24) is 0 Å². The molecule has 2 aliphatic rings. The van der Waals surface area contributed by atoms with Gasteiger partial charge in [0.1, 0.15) is 0 Å². The zero-order valence-electron chi connectivity index (χ0n) is 15.2. The molecule has 1 heterocycles. The van der Waals surface area contributed by atoms with E-state index in [1.54, 1.807) is 0 Å². The number of hydrogen-bond donors (Lipinski definition) is 0. The predicted octanol–water partition coefficient (Wildman–Crippen LogP) is 5.96. The molecular weight excluding hydrogens is 260 g/mol. The zero-order valence-corrected chi connectivity index (χ0v) is 15.2. The van der Waals surface area contributed by atoms with Gasteiger partial charge in [-0.25, -0.2) is 0 Å². The molecular formula is C19H38O2. The van der Waals surface area contributed by atoms with Crippen molar-refractivity contribution in [1.29, 1.82) is 0 Å². The summed E-state index contributed by atoms with van der Waals surface area (Å²) in [5, 5.41) is 0. The minimum absolute atomic E-state index is 0.272. The quantitative estimate of drug-likeness (QED) is 0.585. The maximum absolute atomic E-state index is 6.08. The fraction of sp³-hybridized carbons (Fsp3) is 0.895. The molecule has 0 radical (unpaired) electrons. The van der Waals surface area contributed by atoms with Gasteiger partial charge in [-0.15, -0.1) is 13.2 Å². The summed E-state index contributed by atoms with van der Waals surface area (Å²) in [6.07, 6.45) is 8.50. The van der Waals surface area contributed by atoms with E-state index in [0.717, 1.165) is 32.0 Å². The lowest BCUT2D eigenvalue weighted by Gasteiger charge is -2.48. The van der Waals surface area contributed by atoms with Crippen LogP contribution in [0.1, 0.15) is 79.6 Å². The average molecular weight is 299 g/mol. The molecule has 1 spiro atoms. The topological polar surface area (TPSA) is 18.5 Å². The van der Waals surface area contributed by atoms with Crippen molar-refractivity contribution in [3.63, 3.8) is 0 Å². The Morgan fingerprint density at radius 3 is 1.86 bits per heavy atom. The van der Waals surface area contributed by atoms with Gasteiger partial charge >= 0.3 is 0 Å². The summed E-state index contributed by atoms with van der Waals surface area (Å²) < 4.78 is 12.2. The summed E-state index contributed by atoms with van der Waals surface area (Å²) in [6.45, 7) is 18.8. The van der Waals surface area contributed by atoms with Crippen molar-refractivity contribution >= 4 is 0 Å². The molecule has 2 rings (SSSR count). The Morgan fingerprint density at radius 2 is 1.48 bits per heavy atom. The maximum Gasteiger partial charge on any atom is 0.167 e. The normalized spacial score (nSPS) is 26.0. The number of rotatable bonds is 2. The van der Waals surface area contributed by atoms with Crippen LogP contribution in [0.25, 0.3) is 0 Å². The van der Waals surface area contributed by atoms with Gasteiger partial charge in [0.2, 0.25) is 0 Å². The molecule has 0 aromatic heterocycles. The fourth-order valence-corrected chi connectivity index (χ4v) is 3.34. The number of hydrogen-bond acceptors (Lipinski definition) is 2. The van der Waals surface area contributed by atoms with Gasteiger partial charge in [0, 0.05) is 5.41 Å². The summed E-state index contributed by atoms with van der Waals surface area (Å²) in [4.78, 5) is 0. The Balaban J connectivity index is 0.000000713. The standard InChI is InChI=1S/C14H26O2.C3H8.C2H4/c1-4-14(5-2)15-10-13(11-16-14)8-6-7-12(3)9-13;1-3-2;1-2/h12H,4-11H2,1-3H3;3H2,1-2H3;1-2H2/t12-;;/m1../s1. The summed E-state index contributed by atoms with van der Waals surface area (Å²) in [5.41, 5.74) is 0.339. The molecule has 0 bridgehead atoms. The van der Waals surface area contributed by atoms with Crippen LogP contribution in [-0.4, -0.2) is 19.0 Å². The Bertz CT molecular complexity index is 248. The first kappa shape index (κ1) is 20.7. The van der Waals surface area contributed by atoms with Gasteiger partial charge in [-0.2, -0.15) is 0 Å². The van der Waals surface area contributed by atoms with Crippen LogP contribution in [0.3, 0.4) is 0 Å². The summed E-state index contributed by atoms with van der Waals surface area (Å²) >= 11 is 0. The van der Waals surface area contributed by atoms with Crippen LogP contribution in [0.5, 0.6) is 0 Å². The van der Waals surface area contributed by atoms with E-state index < -0.39 is 0 Å². The van der Waals surface area contributed by atoms with Crippen LogP contribution < -0.4 is 0 Å². The van der Waals surface area contributed by atoms with Crippen molar-refractivity contribution < 1.29 is 9.47 Å². The van der Waals surface area contributed by atoms with E-state index in [1.807, 2.05) is 0 Å². The molecule has 1 aliphatic heterocycles. The molecule has 0 unspecified atom stereocenters. The summed E-state index contributed by atoms with van der Waals surface area (Å²) in [6, 6.07) is 0. The van der Waals surface area contributed by atoms with Gasteiger partial charge in [0.15, 0.2) is 5.79 Å². The Labute approximate surface area is 133 Å². The van der Waals surface area contributed by atoms with Gasteiger partial charge in [0.25, 0.3) is 0 Å². The number of ether oxygens (including phenoxy) is 2. The Kier molecular flexibility index (Phi) is 10.2. The molecule has 21 heavy (non-hydrogen) atoms. The van der Waals surface area contributed by atoms with Crippen LogP contribution in [0.4, 0.5) is 0 Å². The predicted molar refractivity (Wildman–Crippen MR) is 92.5 cm³/mol. The highest BCUT2D eigenvalue weighted by Gasteiger charge is 2.44. The van der Waals surface area contributed by atoms with Crippen LogP contribution in [0.15, 0.2) is 13.2 Å². The van der Waals surface area contributed by atoms with E-state index in [0.29, 0.717) is 5.41 Å². The minimum atomic E-state index is -0.272. The smallest absolute Gasteiger partial charge is 0.167 e. The van der Waals surface area contributed by atoms with Gasteiger partial charge in [-0.1, -0.05) is 53.9 Å². The molecule has 0 aromatic rings. The molecule has 1 saturated heterocycles. The van der Waals surface area contributed by atoms with Gasteiger partial charge in [0.05, 0.1) is 13.2 Å². The molecule has 0 aromatic carbocycles. The Hall–Kier alpha value is -0.340. The van der Waals surface area contributed by atoms with Gasteiger partial charge < -0.3 is 9.47 Å². The largest absolute Gasteiger partial charge is 0.349 e. The van der Waals surface area contributed by atoms with Crippen molar-refractivity contribution in [3.05, 3.63) is 13.2 Å². The first-order chi connectivity index (χ1) is 10.1. The van der Waals surface area contributed by atoms with Crippen LogP contribution in [0, 0.1) is 11.3 Å². The lowest BCUT2D eigenvalue weighted by molar-refractivity contribution is -0.311. The van der Waals surface area contributed by atoms with E-state index in [-0.39, 0.29) is 5.79 Å². The molecule has 126 valence electrons. The second-order valence-corrected chi connectivity index (χ2v) is 6.60. The van der Waals surface area contributed by atoms with Crippen molar-refractivity contribution in [2.45, 2.75) is 85.4 Å². The third-order valence-corrected chi connectivity index (χ3v) is 4.55. The molecule has 0 N–H and O–H groups in total. The van der Waals surface area contributed by atoms with E-state index >= 15 is 0 Å². The van der Waals surface area contributed by atoms with E-state index in [1.165, 1.54) is 32.1 Å². The van der Waals surface area contributed by atoms with Crippen LogP contribution >= 0.6 is 0 Å². The second-order valence-electron chi connectivity index (χ2n) is 6.60. The fourth-order valence-electron chi connectivity index (χ4n) is 3.34. The van der Waals surface area contributed by atoms with E-state index in [2.05, 4.69) is 47.8 Å². The second kappa shape index (κ2) is 10.4. The van der Waals surface area contributed by atoms with Crippen LogP contribution in [-0.2, 0) is 9.47 Å². The van der Waals surface area contributed by atoms with E-state index in [9.17, 15) is 0 Å². The Morgan fingerprint density at radius 1 is 1.00 bits per heavy atom. The van der Waals surface area contributed by atoms with E-state index in [4.69, 9.17) is 9.47 Å². The molecule has 0 amide bonds. The molecule has 1 atom stereocenters. The van der Waals surface area contributed by atoms with Crippen molar-refractivity contribution in [2.24, 2.45) is 11.3 Å². The van der Waals surface area contributed by atoms with Crippen LogP contribution in [0.2, 0.25) is 0 Å². The molecule has 2 heteroatoms. The van der Waals surface area contributed by atoms with Gasteiger partial charge in [-0.3, -0.25) is 0 Å². The molecule has 1 aliphatic carbocycles. The minimum Gasteiger partial charge on any atom is -0.349 e. The SMILES string of the molecule is C=C.CCC.CCC1(CC)OCC2(CCC[C@@H](C)C2)CO1. The monoisotopic (exact) mass is 298 g/mol. The third-order valence-electron chi connectivity index (χ3n) is 4.55. The average Bonchev–Trinajstić information content (AvgIpc) is 2.51. The molecule has 1 saturated carbocycles. The maximum atomic E-state index is 6.08. The first-order valence-corrected chi connectivity index (χ1v) is 8.83. The summed E-state index contributed by atoms with van der Waals surface area (Å²) in [7, 11) is 0. The van der Waals surface area contributed by atoms with Crippen molar-refractivity contribution in [2.75, 3.05) is 13.2 Å².